The maximum Gasteiger partial charge on any atom is 0.284 e. The molecule has 6 heteroatoms. The SMILES string of the molecule is COc1cccc(C2=NN(C(=O)c3cccs3)[C@H](c3cccc(Br)c3)C2)c1. The number of nitrogens with zero attached hydrogens (tertiary/aromatic N) is 2. The zero-order valence-corrected chi connectivity index (χ0v) is 17.0. The predicted octanol–water partition coefficient (Wildman–Crippen LogP) is 5.51. The molecule has 0 fully saturated rings. The zero-order chi connectivity index (χ0) is 18.8. The molecule has 1 atom stereocenters. The lowest BCUT2D eigenvalue weighted by Gasteiger charge is -2.21. The summed E-state index contributed by atoms with van der Waals surface area (Å²) < 4.78 is 6.32. The van der Waals surface area contributed by atoms with Gasteiger partial charge in [0.1, 0.15) is 5.75 Å². The fourth-order valence-electron chi connectivity index (χ4n) is 3.16. The summed E-state index contributed by atoms with van der Waals surface area (Å²) in [5, 5.41) is 8.23. The van der Waals surface area contributed by atoms with E-state index in [1.54, 1.807) is 12.1 Å². The fourth-order valence-corrected chi connectivity index (χ4v) is 4.23. The number of carbonyl (C=O) groups excluding carboxylic acids is 1. The maximum atomic E-state index is 13.1. The van der Waals surface area contributed by atoms with Crippen molar-refractivity contribution in [3.8, 4) is 5.75 Å². The molecule has 0 N–H and O–H groups in total. The van der Waals surface area contributed by atoms with Crippen LogP contribution in [-0.4, -0.2) is 23.7 Å². The van der Waals surface area contributed by atoms with Crippen molar-refractivity contribution < 1.29 is 9.53 Å². The molecule has 2 heterocycles. The third kappa shape index (κ3) is 3.68. The number of methoxy groups -OCH3 is 1. The van der Waals surface area contributed by atoms with E-state index >= 15 is 0 Å². The number of hydrazone groups is 1. The number of hydrogen-bond acceptors (Lipinski definition) is 4. The Balaban J connectivity index is 1.74. The van der Waals surface area contributed by atoms with Crippen LogP contribution in [0.5, 0.6) is 5.75 Å². The van der Waals surface area contributed by atoms with Gasteiger partial charge in [-0.3, -0.25) is 4.79 Å². The molecular formula is C21H17BrN2O2S. The van der Waals surface area contributed by atoms with Crippen LogP contribution in [-0.2, 0) is 0 Å². The van der Waals surface area contributed by atoms with E-state index in [9.17, 15) is 4.79 Å². The van der Waals surface area contributed by atoms with Crippen molar-refractivity contribution >= 4 is 38.9 Å². The van der Waals surface area contributed by atoms with Crippen molar-refractivity contribution in [2.75, 3.05) is 7.11 Å². The summed E-state index contributed by atoms with van der Waals surface area (Å²) in [6.45, 7) is 0. The van der Waals surface area contributed by atoms with Crippen LogP contribution >= 0.6 is 27.3 Å². The first-order valence-corrected chi connectivity index (χ1v) is 10.2. The summed E-state index contributed by atoms with van der Waals surface area (Å²) in [6, 6.07) is 19.4. The lowest BCUT2D eigenvalue weighted by molar-refractivity contribution is 0.0716. The van der Waals surface area contributed by atoms with E-state index in [1.165, 1.54) is 11.3 Å². The van der Waals surface area contributed by atoms with Crippen LogP contribution in [0.3, 0.4) is 0 Å². The minimum atomic E-state index is -0.140. The average molecular weight is 441 g/mol. The van der Waals surface area contributed by atoms with Gasteiger partial charge in [-0.05, 0) is 41.3 Å². The van der Waals surface area contributed by atoms with Gasteiger partial charge in [-0.2, -0.15) is 5.10 Å². The summed E-state index contributed by atoms with van der Waals surface area (Å²) in [4.78, 5) is 13.8. The Labute approximate surface area is 170 Å². The first-order valence-electron chi connectivity index (χ1n) is 8.50. The van der Waals surface area contributed by atoms with E-state index in [0.717, 1.165) is 27.1 Å². The lowest BCUT2D eigenvalue weighted by atomic mass is 9.98. The number of ether oxygens (including phenoxy) is 1. The van der Waals surface area contributed by atoms with Crippen molar-refractivity contribution in [1.82, 2.24) is 5.01 Å². The number of carbonyl (C=O) groups is 1. The molecule has 0 radical (unpaired) electrons. The van der Waals surface area contributed by atoms with Gasteiger partial charge in [0.25, 0.3) is 5.91 Å². The molecular weight excluding hydrogens is 424 g/mol. The Morgan fingerprint density at radius 2 is 2.04 bits per heavy atom. The molecule has 1 aromatic heterocycles. The molecule has 136 valence electrons. The van der Waals surface area contributed by atoms with Gasteiger partial charge < -0.3 is 4.74 Å². The standard InChI is InChI=1S/C21H17BrN2O2S/c1-26-17-8-3-5-14(12-17)18-13-19(15-6-2-7-16(22)11-15)24(23-18)21(25)20-9-4-10-27-20/h2-12,19H,13H2,1H3/t19-/m0/s1. The minimum Gasteiger partial charge on any atom is -0.497 e. The highest BCUT2D eigenvalue weighted by molar-refractivity contribution is 9.10. The Bertz CT molecular complexity index is 1000. The highest BCUT2D eigenvalue weighted by Crippen LogP contribution is 2.35. The summed E-state index contributed by atoms with van der Waals surface area (Å²) >= 11 is 4.96. The lowest BCUT2D eigenvalue weighted by Crippen LogP contribution is -2.26. The molecule has 1 amide bonds. The van der Waals surface area contributed by atoms with Crippen molar-refractivity contribution in [2.24, 2.45) is 5.10 Å². The van der Waals surface area contributed by atoms with E-state index in [2.05, 4.69) is 15.9 Å². The number of rotatable bonds is 4. The van der Waals surface area contributed by atoms with E-state index < -0.39 is 0 Å². The molecule has 4 rings (SSSR count). The number of hydrogen-bond donors (Lipinski definition) is 0. The molecule has 1 aliphatic heterocycles. The van der Waals surface area contributed by atoms with Gasteiger partial charge in [-0.1, -0.05) is 46.3 Å². The molecule has 0 spiro atoms. The van der Waals surface area contributed by atoms with E-state index in [-0.39, 0.29) is 11.9 Å². The van der Waals surface area contributed by atoms with Crippen LogP contribution in [0, 0.1) is 0 Å². The highest BCUT2D eigenvalue weighted by atomic mass is 79.9. The van der Waals surface area contributed by atoms with Gasteiger partial charge in [-0.25, -0.2) is 5.01 Å². The highest BCUT2D eigenvalue weighted by Gasteiger charge is 2.34. The fraction of sp³-hybridized carbons (Fsp3) is 0.143. The summed E-state index contributed by atoms with van der Waals surface area (Å²) in [5.74, 6) is 0.699. The smallest absolute Gasteiger partial charge is 0.284 e. The minimum absolute atomic E-state index is 0.0760. The summed E-state index contributed by atoms with van der Waals surface area (Å²) in [5.41, 5.74) is 2.90. The normalized spacial score (nSPS) is 16.3. The average Bonchev–Trinajstić information content (AvgIpc) is 3.38. The van der Waals surface area contributed by atoms with Gasteiger partial charge in [-0.15, -0.1) is 11.3 Å². The second-order valence-electron chi connectivity index (χ2n) is 6.18. The number of amides is 1. The first-order chi connectivity index (χ1) is 13.2. The van der Waals surface area contributed by atoms with E-state index in [1.807, 2.05) is 66.0 Å². The topological polar surface area (TPSA) is 41.9 Å². The Hall–Kier alpha value is -2.44. The second kappa shape index (κ2) is 7.66. The van der Waals surface area contributed by atoms with Crippen LogP contribution in [0.25, 0.3) is 0 Å². The molecule has 0 unspecified atom stereocenters. The van der Waals surface area contributed by atoms with Crippen LogP contribution in [0.1, 0.15) is 33.3 Å². The molecule has 27 heavy (non-hydrogen) atoms. The molecule has 0 saturated heterocycles. The second-order valence-corrected chi connectivity index (χ2v) is 8.04. The Morgan fingerprint density at radius 1 is 1.19 bits per heavy atom. The van der Waals surface area contributed by atoms with E-state index in [0.29, 0.717) is 11.3 Å². The summed E-state index contributed by atoms with van der Waals surface area (Å²) in [6.07, 6.45) is 0.654. The molecule has 0 aliphatic carbocycles. The third-order valence-electron chi connectivity index (χ3n) is 4.49. The van der Waals surface area contributed by atoms with Gasteiger partial charge in [0, 0.05) is 16.5 Å². The van der Waals surface area contributed by atoms with Crippen LogP contribution in [0.15, 0.2) is 75.6 Å². The van der Waals surface area contributed by atoms with Gasteiger partial charge in [0.2, 0.25) is 0 Å². The first kappa shape index (κ1) is 17.9. The van der Waals surface area contributed by atoms with Crippen LogP contribution in [0.2, 0.25) is 0 Å². The Kier molecular flexibility index (Phi) is 5.09. The maximum absolute atomic E-state index is 13.1. The molecule has 4 nitrogen and oxygen atoms in total. The van der Waals surface area contributed by atoms with Crippen molar-refractivity contribution in [2.45, 2.75) is 12.5 Å². The summed E-state index contributed by atoms with van der Waals surface area (Å²) in [7, 11) is 1.65. The quantitative estimate of drug-likeness (QED) is 0.536. The van der Waals surface area contributed by atoms with Crippen molar-refractivity contribution in [3.05, 3.63) is 86.5 Å². The van der Waals surface area contributed by atoms with Crippen molar-refractivity contribution in [1.29, 1.82) is 0 Å². The molecule has 3 aromatic rings. The van der Waals surface area contributed by atoms with Gasteiger partial charge in [0.05, 0.1) is 23.7 Å². The monoisotopic (exact) mass is 440 g/mol. The third-order valence-corrected chi connectivity index (χ3v) is 5.84. The molecule has 2 aromatic carbocycles. The Morgan fingerprint density at radius 3 is 2.78 bits per heavy atom. The van der Waals surface area contributed by atoms with E-state index in [4.69, 9.17) is 9.84 Å². The molecule has 1 aliphatic rings. The number of thiophene rings is 1. The van der Waals surface area contributed by atoms with Crippen LogP contribution in [0.4, 0.5) is 0 Å². The largest absolute Gasteiger partial charge is 0.497 e. The van der Waals surface area contributed by atoms with Crippen molar-refractivity contribution in [3.63, 3.8) is 0 Å². The predicted molar refractivity (Wildman–Crippen MR) is 112 cm³/mol. The molecule has 0 bridgehead atoms. The van der Waals surface area contributed by atoms with Gasteiger partial charge in [0.15, 0.2) is 0 Å². The van der Waals surface area contributed by atoms with Crippen LogP contribution < -0.4 is 4.74 Å². The van der Waals surface area contributed by atoms with Gasteiger partial charge >= 0.3 is 0 Å². The number of halogens is 1. The number of benzene rings is 2. The molecule has 0 saturated carbocycles. The zero-order valence-electron chi connectivity index (χ0n) is 14.6.